The van der Waals surface area contributed by atoms with Crippen molar-refractivity contribution in [3.05, 3.63) is 65.2 Å². The molecule has 0 radical (unpaired) electrons. The summed E-state index contributed by atoms with van der Waals surface area (Å²) in [6.45, 7) is -0.719. The first kappa shape index (κ1) is 23.9. The van der Waals surface area contributed by atoms with E-state index in [2.05, 4.69) is 10.1 Å². The Morgan fingerprint density at radius 1 is 1.10 bits per heavy atom. The summed E-state index contributed by atoms with van der Waals surface area (Å²) in [4.78, 5) is 23.6. The van der Waals surface area contributed by atoms with E-state index in [1.165, 1.54) is 43.0 Å². The molecule has 0 aromatic heterocycles. The zero-order valence-corrected chi connectivity index (χ0v) is 17.4. The third-order valence-corrected chi connectivity index (χ3v) is 4.25. The molecule has 2 aromatic rings. The third-order valence-electron chi connectivity index (χ3n) is 4.25. The number of nitrogens with one attached hydrogen (secondary N) is 1. The van der Waals surface area contributed by atoms with Crippen LogP contribution in [0.4, 0.5) is 8.78 Å². The van der Waals surface area contributed by atoms with Gasteiger partial charge in [-0.2, -0.15) is 8.78 Å². The van der Waals surface area contributed by atoms with E-state index in [9.17, 15) is 18.4 Å². The fourth-order valence-corrected chi connectivity index (χ4v) is 2.64. The summed E-state index contributed by atoms with van der Waals surface area (Å²) in [5.74, 6) is -0.703. The lowest BCUT2D eigenvalue weighted by molar-refractivity contribution is -0.138. The number of carbonyl (C=O) groups excluding carboxylic acids is 2. The molecular formula is C23H25F2NO5. The van der Waals surface area contributed by atoms with Crippen LogP contribution in [-0.2, 0) is 20.7 Å². The number of esters is 1. The van der Waals surface area contributed by atoms with E-state index < -0.39 is 12.6 Å². The van der Waals surface area contributed by atoms with Crippen LogP contribution in [0.5, 0.6) is 11.5 Å². The van der Waals surface area contributed by atoms with Gasteiger partial charge in [0.1, 0.15) is 6.61 Å². The van der Waals surface area contributed by atoms with E-state index in [0.717, 1.165) is 5.56 Å². The van der Waals surface area contributed by atoms with Crippen molar-refractivity contribution in [3.8, 4) is 11.5 Å². The normalized spacial score (nSPS) is 10.9. The maximum absolute atomic E-state index is 12.3. The highest BCUT2D eigenvalue weighted by Crippen LogP contribution is 2.29. The summed E-state index contributed by atoms with van der Waals surface area (Å²) < 4.78 is 39.1. The van der Waals surface area contributed by atoms with Gasteiger partial charge in [0.25, 0.3) is 0 Å². The van der Waals surface area contributed by atoms with Crippen LogP contribution in [0.15, 0.2) is 48.5 Å². The second-order valence-electron chi connectivity index (χ2n) is 6.63. The van der Waals surface area contributed by atoms with E-state index in [-0.39, 0.29) is 30.6 Å². The van der Waals surface area contributed by atoms with Crippen LogP contribution < -0.4 is 14.8 Å². The summed E-state index contributed by atoms with van der Waals surface area (Å²) in [5.41, 5.74) is 2.79. The number of hydrogen-bond donors (Lipinski definition) is 1. The Labute approximate surface area is 179 Å². The third kappa shape index (κ3) is 8.86. The number of ether oxygens (including phenoxy) is 3. The first-order valence-electron chi connectivity index (χ1n) is 9.67. The topological polar surface area (TPSA) is 73.9 Å². The smallest absolute Gasteiger partial charge is 0.387 e. The summed E-state index contributed by atoms with van der Waals surface area (Å²) in [7, 11) is 1.32. The summed E-state index contributed by atoms with van der Waals surface area (Å²) in [5, 5.41) is 2.70. The van der Waals surface area contributed by atoms with Crippen molar-refractivity contribution in [2.75, 3.05) is 20.3 Å². The van der Waals surface area contributed by atoms with Gasteiger partial charge < -0.3 is 19.5 Å². The Balaban J connectivity index is 1.69. The van der Waals surface area contributed by atoms with Crippen LogP contribution >= 0.6 is 0 Å². The molecule has 0 bridgehead atoms. The summed E-state index contributed by atoms with van der Waals surface area (Å²) >= 11 is 0. The van der Waals surface area contributed by atoms with Gasteiger partial charge >= 0.3 is 12.6 Å². The Morgan fingerprint density at radius 2 is 1.84 bits per heavy atom. The van der Waals surface area contributed by atoms with Crippen molar-refractivity contribution in [1.29, 1.82) is 0 Å². The minimum Gasteiger partial charge on any atom is -0.493 e. The molecule has 0 spiro atoms. The number of halogens is 2. The predicted octanol–water partition coefficient (Wildman–Crippen LogP) is 3.91. The van der Waals surface area contributed by atoms with Gasteiger partial charge in [0.05, 0.1) is 13.7 Å². The average Bonchev–Trinajstić information content (AvgIpc) is 2.75. The molecule has 0 aliphatic rings. The van der Waals surface area contributed by atoms with Gasteiger partial charge in [0, 0.05) is 12.5 Å². The van der Waals surface area contributed by atoms with Gasteiger partial charge in [0.2, 0.25) is 5.91 Å². The minimum absolute atomic E-state index is 0.0317. The number of hydrogen-bond acceptors (Lipinski definition) is 5. The van der Waals surface area contributed by atoms with E-state index >= 15 is 0 Å². The standard InChI is InChI=1S/C23H25F2NO5/c1-16-3-5-17(6-4-16)8-11-21(27)26-13-14-30-22(28)12-9-18-7-10-19(31-23(24)25)20(15-18)29-2/h3-7,9-10,12,15,23H,8,11,13-14H2,1-2H3,(H,26,27)/b12-9+. The molecule has 0 heterocycles. The molecule has 0 unspecified atom stereocenters. The van der Waals surface area contributed by atoms with Crippen molar-refractivity contribution in [2.45, 2.75) is 26.4 Å². The van der Waals surface area contributed by atoms with Crippen molar-refractivity contribution < 1.29 is 32.6 Å². The van der Waals surface area contributed by atoms with E-state index in [4.69, 9.17) is 9.47 Å². The van der Waals surface area contributed by atoms with Crippen molar-refractivity contribution in [3.63, 3.8) is 0 Å². The molecule has 0 atom stereocenters. The maximum atomic E-state index is 12.3. The van der Waals surface area contributed by atoms with Crippen molar-refractivity contribution in [1.82, 2.24) is 5.32 Å². The van der Waals surface area contributed by atoms with Crippen LogP contribution in [0.25, 0.3) is 6.08 Å². The van der Waals surface area contributed by atoms with E-state index in [0.29, 0.717) is 18.4 Å². The maximum Gasteiger partial charge on any atom is 0.387 e. The van der Waals surface area contributed by atoms with Crippen molar-refractivity contribution in [2.24, 2.45) is 0 Å². The molecule has 6 nitrogen and oxygen atoms in total. The minimum atomic E-state index is -2.96. The first-order valence-corrected chi connectivity index (χ1v) is 9.67. The van der Waals surface area contributed by atoms with Gasteiger partial charge in [-0.05, 0) is 42.7 Å². The number of amides is 1. The Hall–Kier alpha value is -3.42. The predicted molar refractivity (Wildman–Crippen MR) is 112 cm³/mol. The van der Waals surface area contributed by atoms with Crippen LogP contribution in [0.1, 0.15) is 23.1 Å². The summed E-state index contributed by atoms with van der Waals surface area (Å²) in [6.07, 6.45) is 3.64. The Morgan fingerprint density at radius 3 is 2.52 bits per heavy atom. The average molecular weight is 433 g/mol. The molecule has 8 heteroatoms. The number of rotatable bonds is 11. The SMILES string of the molecule is COc1cc(/C=C/C(=O)OCCNC(=O)CCc2ccc(C)cc2)ccc1OC(F)F. The first-order chi connectivity index (χ1) is 14.9. The lowest BCUT2D eigenvalue weighted by atomic mass is 10.1. The van der Waals surface area contributed by atoms with Gasteiger partial charge in [-0.3, -0.25) is 4.79 Å². The van der Waals surface area contributed by atoms with Crippen molar-refractivity contribution >= 4 is 18.0 Å². The number of benzene rings is 2. The molecular weight excluding hydrogens is 408 g/mol. The van der Waals surface area contributed by atoms with Gasteiger partial charge in [-0.25, -0.2) is 4.79 Å². The van der Waals surface area contributed by atoms with E-state index in [1.54, 1.807) is 0 Å². The number of carbonyl (C=O) groups is 2. The zero-order chi connectivity index (χ0) is 22.6. The molecule has 2 rings (SSSR count). The molecule has 1 amide bonds. The van der Waals surface area contributed by atoms with Crippen LogP contribution in [0.2, 0.25) is 0 Å². The number of alkyl halides is 2. The van der Waals surface area contributed by atoms with Gasteiger partial charge in [-0.1, -0.05) is 35.9 Å². The highest BCUT2D eigenvalue weighted by atomic mass is 19.3. The molecule has 0 saturated carbocycles. The summed E-state index contributed by atoms with van der Waals surface area (Å²) in [6, 6.07) is 12.3. The molecule has 0 aliphatic carbocycles. The lowest BCUT2D eigenvalue weighted by Crippen LogP contribution is -2.28. The van der Waals surface area contributed by atoms with Gasteiger partial charge in [0.15, 0.2) is 11.5 Å². The van der Waals surface area contributed by atoms with Crippen LogP contribution in [-0.4, -0.2) is 38.7 Å². The Bertz CT molecular complexity index is 897. The molecule has 0 aliphatic heterocycles. The number of aryl methyl sites for hydroxylation is 2. The molecule has 31 heavy (non-hydrogen) atoms. The zero-order valence-electron chi connectivity index (χ0n) is 17.4. The largest absolute Gasteiger partial charge is 0.493 e. The van der Waals surface area contributed by atoms with E-state index in [1.807, 2.05) is 31.2 Å². The van der Waals surface area contributed by atoms with Crippen LogP contribution in [0.3, 0.4) is 0 Å². The molecule has 1 N–H and O–H groups in total. The van der Waals surface area contributed by atoms with Gasteiger partial charge in [-0.15, -0.1) is 0 Å². The van der Waals surface area contributed by atoms with Crippen LogP contribution in [0, 0.1) is 6.92 Å². The second kappa shape index (κ2) is 12.3. The molecule has 2 aromatic carbocycles. The quantitative estimate of drug-likeness (QED) is 0.330. The highest BCUT2D eigenvalue weighted by Gasteiger charge is 2.10. The Kier molecular flexibility index (Phi) is 9.48. The monoisotopic (exact) mass is 433 g/mol. The fourth-order valence-electron chi connectivity index (χ4n) is 2.64. The number of methoxy groups -OCH3 is 1. The molecule has 166 valence electrons. The fraction of sp³-hybridized carbons (Fsp3) is 0.304. The lowest BCUT2D eigenvalue weighted by Gasteiger charge is -2.10. The molecule has 0 fully saturated rings. The highest BCUT2D eigenvalue weighted by molar-refractivity contribution is 5.87. The second-order valence-corrected chi connectivity index (χ2v) is 6.63. The molecule has 0 saturated heterocycles.